The monoisotopic (exact) mass is 298 g/mol. The van der Waals surface area contributed by atoms with Crippen molar-refractivity contribution in [2.24, 2.45) is 5.92 Å². The highest BCUT2D eigenvalue weighted by atomic mass is 32.2. The van der Waals surface area contributed by atoms with Crippen LogP contribution in [0.25, 0.3) is 0 Å². The quantitative estimate of drug-likeness (QED) is 0.801. The van der Waals surface area contributed by atoms with Crippen molar-refractivity contribution in [3.8, 4) is 0 Å². The Kier molecular flexibility index (Phi) is 6.65. The summed E-state index contributed by atoms with van der Waals surface area (Å²) in [5.41, 5.74) is 1.02. The summed E-state index contributed by atoms with van der Waals surface area (Å²) in [6, 6.07) is 9.59. The van der Waals surface area contributed by atoms with Gasteiger partial charge in [-0.15, -0.1) is 0 Å². The molecule has 20 heavy (non-hydrogen) atoms. The second-order valence-corrected chi connectivity index (χ2v) is 7.65. The highest BCUT2D eigenvalue weighted by Gasteiger charge is 2.20. The standard InChI is InChI=1S/C15H26N2O2S/c1-13(2)12-20(18,19)16-15(10-11-17(3)4)14-8-6-5-7-9-14/h5-9,13,15-16H,10-12H2,1-4H3/t15-/m1/s1. The minimum absolute atomic E-state index is 0.123. The summed E-state index contributed by atoms with van der Waals surface area (Å²) < 4.78 is 27.1. The van der Waals surface area contributed by atoms with Gasteiger partial charge in [0.25, 0.3) is 0 Å². The van der Waals surface area contributed by atoms with Gasteiger partial charge in [0.1, 0.15) is 0 Å². The van der Waals surface area contributed by atoms with Crippen molar-refractivity contribution in [2.75, 3.05) is 26.4 Å². The highest BCUT2D eigenvalue weighted by molar-refractivity contribution is 7.89. The largest absolute Gasteiger partial charge is 0.309 e. The van der Waals surface area contributed by atoms with Crippen LogP contribution in [0.1, 0.15) is 31.9 Å². The zero-order chi connectivity index (χ0) is 15.2. The molecule has 0 unspecified atom stereocenters. The minimum atomic E-state index is -3.24. The first-order valence-corrected chi connectivity index (χ1v) is 8.65. The summed E-state index contributed by atoms with van der Waals surface area (Å²) in [7, 11) is 0.737. The summed E-state index contributed by atoms with van der Waals surface area (Å²) in [5.74, 6) is 0.288. The molecule has 0 aliphatic carbocycles. The van der Waals surface area contributed by atoms with E-state index in [2.05, 4.69) is 9.62 Å². The molecule has 0 saturated heterocycles. The van der Waals surface area contributed by atoms with Crippen LogP contribution in [0.4, 0.5) is 0 Å². The Morgan fingerprint density at radius 2 is 1.75 bits per heavy atom. The molecule has 0 heterocycles. The maximum atomic E-state index is 12.1. The van der Waals surface area contributed by atoms with Crippen molar-refractivity contribution >= 4 is 10.0 Å². The average molecular weight is 298 g/mol. The molecule has 0 bridgehead atoms. The molecule has 0 aliphatic heterocycles. The number of sulfonamides is 1. The molecule has 0 aromatic heterocycles. The SMILES string of the molecule is CC(C)CS(=O)(=O)N[C@H](CCN(C)C)c1ccccc1. The van der Waals surface area contributed by atoms with E-state index in [0.29, 0.717) is 0 Å². The third-order valence-electron chi connectivity index (χ3n) is 2.94. The van der Waals surface area contributed by atoms with Crippen LogP contribution in [0, 0.1) is 5.92 Å². The molecule has 0 amide bonds. The zero-order valence-electron chi connectivity index (χ0n) is 12.8. The van der Waals surface area contributed by atoms with Gasteiger partial charge >= 0.3 is 0 Å². The minimum Gasteiger partial charge on any atom is -0.309 e. The first-order chi connectivity index (χ1) is 9.30. The molecular weight excluding hydrogens is 272 g/mol. The van der Waals surface area contributed by atoms with Crippen molar-refractivity contribution in [1.29, 1.82) is 0 Å². The van der Waals surface area contributed by atoms with Gasteiger partial charge in [0, 0.05) is 6.04 Å². The van der Waals surface area contributed by atoms with E-state index in [4.69, 9.17) is 0 Å². The van der Waals surface area contributed by atoms with Crippen LogP contribution < -0.4 is 4.72 Å². The number of benzene rings is 1. The van der Waals surface area contributed by atoms with E-state index in [1.807, 2.05) is 58.3 Å². The van der Waals surface area contributed by atoms with E-state index >= 15 is 0 Å². The molecule has 0 spiro atoms. The van der Waals surface area contributed by atoms with Gasteiger partial charge in [-0.1, -0.05) is 44.2 Å². The Labute approximate surface area is 123 Å². The first kappa shape index (κ1) is 17.1. The average Bonchev–Trinajstić information content (AvgIpc) is 2.33. The Balaban J connectivity index is 2.83. The molecule has 1 rings (SSSR count). The molecule has 1 atom stereocenters. The third-order valence-corrected chi connectivity index (χ3v) is 4.69. The van der Waals surface area contributed by atoms with Crippen LogP contribution in [0.15, 0.2) is 30.3 Å². The summed E-state index contributed by atoms with van der Waals surface area (Å²) in [6.07, 6.45) is 0.758. The van der Waals surface area contributed by atoms with Gasteiger partial charge < -0.3 is 4.90 Å². The molecule has 5 heteroatoms. The predicted octanol–water partition coefficient (Wildman–Crippen LogP) is 2.25. The lowest BCUT2D eigenvalue weighted by atomic mass is 10.0. The number of rotatable bonds is 8. The Morgan fingerprint density at radius 1 is 1.15 bits per heavy atom. The molecular formula is C15H26N2O2S. The lowest BCUT2D eigenvalue weighted by Gasteiger charge is -2.21. The molecule has 0 saturated carbocycles. The van der Waals surface area contributed by atoms with E-state index < -0.39 is 10.0 Å². The second kappa shape index (κ2) is 7.76. The van der Waals surface area contributed by atoms with Gasteiger partial charge in [-0.05, 0) is 38.5 Å². The number of hydrogen-bond donors (Lipinski definition) is 1. The molecule has 114 valence electrons. The van der Waals surface area contributed by atoms with E-state index in [1.165, 1.54) is 0 Å². The predicted molar refractivity (Wildman–Crippen MR) is 84.1 cm³/mol. The van der Waals surface area contributed by atoms with Crippen molar-refractivity contribution in [3.63, 3.8) is 0 Å². The second-order valence-electron chi connectivity index (χ2n) is 5.85. The summed E-state index contributed by atoms with van der Waals surface area (Å²) in [6.45, 7) is 4.66. The van der Waals surface area contributed by atoms with Crippen molar-refractivity contribution in [3.05, 3.63) is 35.9 Å². The summed E-state index contributed by atoms with van der Waals surface area (Å²) >= 11 is 0. The van der Waals surface area contributed by atoms with Gasteiger partial charge in [-0.3, -0.25) is 0 Å². The van der Waals surface area contributed by atoms with E-state index in [-0.39, 0.29) is 17.7 Å². The smallest absolute Gasteiger partial charge is 0.212 e. The van der Waals surface area contributed by atoms with Gasteiger partial charge in [0.05, 0.1) is 5.75 Å². The zero-order valence-corrected chi connectivity index (χ0v) is 13.7. The van der Waals surface area contributed by atoms with E-state index in [1.54, 1.807) is 0 Å². The van der Waals surface area contributed by atoms with Crippen molar-refractivity contribution < 1.29 is 8.42 Å². The van der Waals surface area contributed by atoms with E-state index in [0.717, 1.165) is 18.5 Å². The number of nitrogens with one attached hydrogen (secondary N) is 1. The Morgan fingerprint density at radius 3 is 2.25 bits per heavy atom. The fourth-order valence-corrected chi connectivity index (χ4v) is 3.73. The number of nitrogens with zero attached hydrogens (tertiary/aromatic N) is 1. The van der Waals surface area contributed by atoms with Gasteiger partial charge in [-0.25, -0.2) is 13.1 Å². The van der Waals surface area contributed by atoms with Gasteiger partial charge in [0.15, 0.2) is 0 Å². The lowest BCUT2D eigenvalue weighted by molar-refractivity contribution is 0.374. The summed E-state index contributed by atoms with van der Waals surface area (Å²) in [5, 5.41) is 0. The molecule has 4 nitrogen and oxygen atoms in total. The van der Waals surface area contributed by atoms with Crippen molar-refractivity contribution in [2.45, 2.75) is 26.3 Å². The fraction of sp³-hybridized carbons (Fsp3) is 0.600. The van der Waals surface area contributed by atoms with Crippen LogP contribution >= 0.6 is 0 Å². The molecule has 0 fully saturated rings. The van der Waals surface area contributed by atoms with Crippen LogP contribution in [0.2, 0.25) is 0 Å². The van der Waals surface area contributed by atoms with Gasteiger partial charge in [-0.2, -0.15) is 0 Å². The topological polar surface area (TPSA) is 49.4 Å². The first-order valence-electron chi connectivity index (χ1n) is 7.00. The van der Waals surface area contributed by atoms with Gasteiger partial charge in [0.2, 0.25) is 10.0 Å². The number of hydrogen-bond acceptors (Lipinski definition) is 3. The van der Waals surface area contributed by atoms with Crippen LogP contribution in [0.5, 0.6) is 0 Å². The molecule has 1 N–H and O–H groups in total. The maximum absolute atomic E-state index is 12.1. The Hall–Kier alpha value is -0.910. The third kappa shape index (κ3) is 6.50. The molecule has 0 aliphatic rings. The maximum Gasteiger partial charge on any atom is 0.212 e. The Bertz CT molecular complexity index is 484. The highest BCUT2D eigenvalue weighted by Crippen LogP contribution is 2.18. The molecule has 0 radical (unpaired) electrons. The van der Waals surface area contributed by atoms with Crippen molar-refractivity contribution in [1.82, 2.24) is 9.62 Å². The van der Waals surface area contributed by atoms with E-state index in [9.17, 15) is 8.42 Å². The molecule has 1 aromatic carbocycles. The lowest BCUT2D eigenvalue weighted by Crippen LogP contribution is -2.33. The van der Waals surface area contributed by atoms with Crippen LogP contribution in [0.3, 0.4) is 0 Å². The normalized spacial score (nSPS) is 13.9. The van der Waals surface area contributed by atoms with Crippen LogP contribution in [-0.4, -0.2) is 39.7 Å². The molecule has 1 aromatic rings. The van der Waals surface area contributed by atoms with Crippen LogP contribution in [-0.2, 0) is 10.0 Å². The fourth-order valence-electron chi connectivity index (χ4n) is 2.07. The summed E-state index contributed by atoms with van der Waals surface area (Å²) in [4.78, 5) is 2.06.